The molecule has 0 spiro atoms. The van der Waals surface area contributed by atoms with E-state index in [2.05, 4.69) is 10.1 Å². The van der Waals surface area contributed by atoms with Crippen molar-refractivity contribution in [3.8, 4) is 0 Å². The van der Waals surface area contributed by atoms with E-state index >= 15 is 0 Å². The molecule has 6 heteroatoms. The number of hydrogen-bond donors (Lipinski definition) is 0. The summed E-state index contributed by atoms with van der Waals surface area (Å²) >= 11 is 0. The highest BCUT2D eigenvalue weighted by molar-refractivity contribution is 5.40. The molecule has 2 aromatic heterocycles. The van der Waals surface area contributed by atoms with Crippen LogP contribution in [0.3, 0.4) is 0 Å². The average molecular weight is 229 g/mol. The number of fused-ring (bicyclic) bond motifs is 1. The van der Waals surface area contributed by atoms with Crippen LogP contribution >= 0.6 is 0 Å². The van der Waals surface area contributed by atoms with Gasteiger partial charge in [0.15, 0.2) is 5.65 Å². The molecule has 0 unspecified atom stereocenters. The molecule has 0 fully saturated rings. The first-order chi connectivity index (χ1) is 7.39. The fourth-order valence-electron chi connectivity index (χ4n) is 1.49. The molecule has 0 aliphatic rings. The van der Waals surface area contributed by atoms with Crippen LogP contribution in [-0.4, -0.2) is 14.6 Å². The van der Waals surface area contributed by atoms with Crippen LogP contribution in [0.15, 0.2) is 18.3 Å². The lowest BCUT2D eigenvalue weighted by molar-refractivity contribution is -0.141. The van der Waals surface area contributed by atoms with Crippen LogP contribution in [0.25, 0.3) is 5.65 Å². The molecular weight excluding hydrogens is 219 g/mol. The third kappa shape index (κ3) is 1.75. The van der Waals surface area contributed by atoms with Crippen molar-refractivity contribution < 1.29 is 13.2 Å². The molecule has 16 heavy (non-hydrogen) atoms. The molecule has 0 bridgehead atoms. The van der Waals surface area contributed by atoms with Crippen LogP contribution in [0, 0.1) is 0 Å². The second kappa shape index (κ2) is 3.47. The summed E-state index contributed by atoms with van der Waals surface area (Å²) in [6.07, 6.45) is -2.98. The second-order valence-electron chi connectivity index (χ2n) is 3.82. The fourth-order valence-corrected chi connectivity index (χ4v) is 1.49. The van der Waals surface area contributed by atoms with Gasteiger partial charge in [-0.1, -0.05) is 13.8 Å². The molecule has 86 valence electrons. The lowest BCUT2D eigenvalue weighted by Gasteiger charge is -2.12. The zero-order chi connectivity index (χ0) is 11.9. The van der Waals surface area contributed by atoms with E-state index in [0.29, 0.717) is 5.69 Å². The van der Waals surface area contributed by atoms with Gasteiger partial charge >= 0.3 is 6.18 Å². The zero-order valence-corrected chi connectivity index (χ0v) is 8.78. The third-order valence-corrected chi connectivity index (χ3v) is 2.27. The molecular formula is C10H10F3N3. The van der Waals surface area contributed by atoms with E-state index < -0.39 is 11.9 Å². The van der Waals surface area contributed by atoms with E-state index in [4.69, 9.17) is 0 Å². The first-order valence-corrected chi connectivity index (χ1v) is 4.81. The predicted octanol–water partition coefficient (Wildman–Crippen LogP) is 2.87. The van der Waals surface area contributed by atoms with Crippen LogP contribution < -0.4 is 0 Å². The summed E-state index contributed by atoms with van der Waals surface area (Å²) in [7, 11) is 0. The van der Waals surface area contributed by atoms with Crippen molar-refractivity contribution in [3.63, 3.8) is 0 Å². The van der Waals surface area contributed by atoms with Crippen molar-refractivity contribution >= 4 is 5.65 Å². The predicted molar refractivity (Wildman–Crippen MR) is 52.1 cm³/mol. The fraction of sp³-hybridized carbons (Fsp3) is 0.400. The Morgan fingerprint density at radius 3 is 2.56 bits per heavy atom. The minimum atomic E-state index is -4.42. The van der Waals surface area contributed by atoms with E-state index in [0.717, 1.165) is 6.07 Å². The Hall–Kier alpha value is -1.59. The largest absolute Gasteiger partial charge is 0.433 e. The molecule has 0 saturated carbocycles. The standard InChI is InChI=1S/C10H10F3N3/c1-6(2)7-5-8(10(11,12)13)15-9-3-4-14-16(7)9/h3-6H,1-2H3. The van der Waals surface area contributed by atoms with Crippen molar-refractivity contribution in [2.75, 3.05) is 0 Å². The van der Waals surface area contributed by atoms with Crippen LogP contribution in [0.5, 0.6) is 0 Å². The Balaban J connectivity index is 2.71. The van der Waals surface area contributed by atoms with Crippen molar-refractivity contribution in [1.29, 1.82) is 0 Å². The van der Waals surface area contributed by atoms with Gasteiger partial charge in [-0.3, -0.25) is 0 Å². The van der Waals surface area contributed by atoms with E-state index in [-0.39, 0.29) is 11.6 Å². The summed E-state index contributed by atoms with van der Waals surface area (Å²) in [5.41, 5.74) is -0.148. The molecule has 0 radical (unpaired) electrons. The maximum Gasteiger partial charge on any atom is 0.433 e. The number of alkyl halides is 3. The van der Waals surface area contributed by atoms with Crippen LogP contribution in [-0.2, 0) is 6.18 Å². The minimum Gasteiger partial charge on any atom is -0.224 e. The molecule has 0 saturated heterocycles. The monoisotopic (exact) mass is 229 g/mol. The van der Waals surface area contributed by atoms with Crippen molar-refractivity contribution in [3.05, 3.63) is 29.7 Å². The van der Waals surface area contributed by atoms with Crippen LogP contribution in [0.2, 0.25) is 0 Å². The zero-order valence-electron chi connectivity index (χ0n) is 8.78. The number of halogens is 3. The maximum atomic E-state index is 12.6. The summed E-state index contributed by atoms with van der Waals surface area (Å²) in [5, 5.41) is 3.95. The van der Waals surface area contributed by atoms with Crippen LogP contribution in [0.4, 0.5) is 13.2 Å². The summed E-state index contributed by atoms with van der Waals surface area (Å²) in [6, 6.07) is 2.51. The molecule has 0 N–H and O–H groups in total. The SMILES string of the molecule is CC(C)c1cc(C(F)(F)F)nc2ccnn12. The molecule has 3 nitrogen and oxygen atoms in total. The van der Waals surface area contributed by atoms with Gasteiger partial charge in [0.1, 0.15) is 5.69 Å². The number of rotatable bonds is 1. The summed E-state index contributed by atoms with van der Waals surface area (Å²) in [6.45, 7) is 3.63. The van der Waals surface area contributed by atoms with Gasteiger partial charge < -0.3 is 0 Å². The Kier molecular flexibility index (Phi) is 2.36. The summed E-state index contributed by atoms with van der Waals surface area (Å²) in [5.74, 6) is -0.0495. The summed E-state index contributed by atoms with van der Waals surface area (Å²) < 4.78 is 39.2. The van der Waals surface area contributed by atoms with Gasteiger partial charge in [0.05, 0.1) is 6.20 Å². The molecule has 0 aromatic carbocycles. The Bertz CT molecular complexity index is 513. The molecule has 0 aliphatic carbocycles. The molecule has 2 rings (SSSR count). The highest BCUT2D eigenvalue weighted by atomic mass is 19.4. The highest BCUT2D eigenvalue weighted by Crippen LogP contribution is 2.30. The quantitative estimate of drug-likeness (QED) is 0.752. The van der Waals surface area contributed by atoms with E-state index in [1.807, 2.05) is 13.8 Å². The number of nitrogens with zero attached hydrogens (tertiary/aromatic N) is 3. The Labute approximate surface area is 89.9 Å². The molecule has 0 atom stereocenters. The van der Waals surface area contributed by atoms with Gasteiger partial charge in [-0.2, -0.15) is 18.3 Å². The Morgan fingerprint density at radius 1 is 1.31 bits per heavy atom. The van der Waals surface area contributed by atoms with Gasteiger partial charge in [0.25, 0.3) is 0 Å². The third-order valence-electron chi connectivity index (χ3n) is 2.27. The van der Waals surface area contributed by atoms with Gasteiger partial charge in [-0.05, 0) is 12.0 Å². The first kappa shape index (κ1) is 10.9. The van der Waals surface area contributed by atoms with E-state index in [1.54, 1.807) is 0 Å². The van der Waals surface area contributed by atoms with Crippen molar-refractivity contribution in [2.45, 2.75) is 25.9 Å². The molecule has 0 amide bonds. The molecule has 2 heterocycles. The van der Waals surface area contributed by atoms with Gasteiger partial charge in [0, 0.05) is 11.8 Å². The molecule has 0 aliphatic heterocycles. The van der Waals surface area contributed by atoms with E-state index in [9.17, 15) is 13.2 Å². The lowest BCUT2D eigenvalue weighted by Crippen LogP contribution is -2.12. The topological polar surface area (TPSA) is 30.2 Å². The second-order valence-corrected chi connectivity index (χ2v) is 3.82. The minimum absolute atomic E-state index is 0.0495. The van der Waals surface area contributed by atoms with Gasteiger partial charge in [-0.25, -0.2) is 9.50 Å². The Morgan fingerprint density at radius 2 is 2.00 bits per heavy atom. The van der Waals surface area contributed by atoms with Gasteiger partial charge in [0.2, 0.25) is 0 Å². The molecule has 2 aromatic rings. The average Bonchev–Trinajstić information content (AvgIpc) is 2.61. The smallest absolute Gasteiger partial charge is 0.224 e. The summed E-state index contributed by atoms with van der Waals surface area (Å²) in [4.78, 5) is 3.52. The van der Waals surface area contributed by atoms with E-state index in [1.165, 1.54) is 16.8 Å². The normalized spacial score (nSPS) is 12.6. The van der Waals surface area contributed by atoms with Crippen molar-refractivity contribution in [1.82, 2.24) is 14.6 Å². The maximum absolute atomic E-state index is 12.6. The van der Waals surface area contributed by atoms with Crippen molar-refractivity contribution in [2.24, 2.45) is 0 Å². The number of hydrogen-bond acceptors (Lipinski definition) is 2. The highest BCUT2D eigenvalue weighted by Gasteiger charge is 2.33. The lowest BCUT2D eigenvalue weighted by atomic mass is 10.1. The van der Waals surface area contributed by atoms with Gasteiger partial charge in [-0.15, -0.1) is 0 Å². The van der Waals surface area contributed by atoms with Crippen LogP contribution in [0.1, 0.15) is 31.2 Å². The number of aromatic nitrogens is 3. The first-order valence-electron chi connectivity index (χ1n) is 4.81.